The molecule has 1 rings (SSSR count). The van der Waals surface area contributed by atoms with Crippen molar-refractivity contribution in [2.45, 2.75) is 19.4 Å². The molecule has 0 aliphatic carbocycles. The number of carbonyl (C=O) groups is 1. The van der Waals surface area contributed by atoms with Crippen LogP contribution in [0.4, 0.5) is 0 Å². The van der Waals surface area contributed by atoms with Crippen LogP contribution in [0.3, 0.4) is 0 Å². The minimum atomic E-state index is -0.280. The fourth-order valence-corrected chi connectivity index (χ4v) is 1.86. The summed E-state index contributed by atoms with van der Waals surface area (Å²) < 4.78 is 10.4. The molecule has 0 fully saturated rings. The topological polar surface area (TPSA) is 67.8 Å². The van der Waals surface area contributed by atoms with E-state index in [9.17, 15) is 4.79 Å². The van der Waals surface area contributed by atoms with Gasteiger partial charge in [-0.15, -0.1) is 0 Å². The lowest BCUT2D eigenvalue weighted by Gasteiger charge is -2.17. The molecule has 112 valence electrons. The van der Waals surface area contributed by atoms with Crippen molar-refractivity contribution in [3.8, 4) is 5.75 Å². The van der Waals surface area contributed by atoms with Gasteiger partial charge in [-0.25, -0.2) is 0 Å². The van der Waals surface area contributed by atoms with Gasteiger partial charge in [-0.2, -0.15) is 0 Å². The Kier molecular flexibility index (Phi) is 7.36. The predicted octanol–water partition coefficient (Wildman–Crippen LogP) is 1.54. The number of ether oxygens (including phenoxy) is 2. The van der Waals surface area contributed by atoms with E-state index in [1.54, 1.807) is 19.2 Å². The van der Waals surface area contributed by atoms with E-state index in [4.69, 9.17) is 26.2 Å². The SMILES string of the molecule is COCC(CCO)NC(=O)COc1cc(C)ccc1Cl. The van der Waals surface area contributed by atoms with Crippen LogP contribution in [0.1, 0.15) is 12.0 Å². The van der Waals surface area contributed by atoms with Gasteiger partial charge < -0.3 is 19.9 Å². The number of rotatable bonds is 8. The number of methoxy groups -OCH3 is 1. The molecule has 1 atom stereocenters. The predicted molar refractivity (Wildman–Crippen MR) is 77.2 cm³/mol. The molecule has 0 radical (unpaired) electrons. The van der Waals surface area contributed by atoms with Gasteiger partial charge in [0.05, 0.1) is 17.7 Å². The second-order valence-electron chi connectivity index (χ2n) is 4.45. The largest absolute Gasteiger partial charge is 0.482 e. The molecule has 1 amide bonds. The van der Waals surface area contributed by atoms with Crippen LogP contribution in [0.2, 0.25) is 5.02 Å². The molecule has 1 aromatic rings. The molecular formula is C14H20ClNO4. The van der Waals surface area contributed by atoms with Crippen molar-refractivity contribution >= 4 is 17.5 Å². The maximum Gasteiger partial charge on any atom is 0.258 e. The molecule has 6 heteroatoms. The second-order valence-corrected chi connectivity index (χ2v) is 4.86. The van der Waals surface area contributed by atoms with E-state index in [0.29, 0.717) is 23.8 Å². The van der Waals surface area contributed by atoms with E-state index in [1.807, 2.05) is 13.0 Å². The number of benzene rings is 1. The maximum absolute atomic E-state index is 11.8. The number of carbonyl (C=O) groups excluding carboxylic acids is 1. The molecule has 0 saturated heterocycles. The first kappa shape index (κ1) is 16.8. The van der Waals surface area contributed by atoms with Crippen LogP contribution in [-0.4, -0.2) is 44.0 Å². The van der Waals surface area contributed by atoms with Gasteiger partial charge in [0.1, 0.15) is 5.75 Å². The van der Waals surface area contributed by atoms with Crippen LogP contribution < -0.4 is 10.1 Å². The van der Waals surface area contributed by atoms with Gasteiger partial charge in [0, 0.05) is 13.7 Å². The van der Waals surface area contributed by atoms with Gasteiger partial charge in [-0.1, -0.05) is 17.7 Å². The zero-order chi connectivity index (χ0) is 15.0. The third kappa shape index (κ3) is 5.77. The van der Waals surface area contributed by atoms with Crippen molar-refractivity contribution in [1.29, 1.82) is 0 Å². The Balaban J connectivity index is 2.47. The minimum Gasteiger partial charge on any atom is -0.482 e. The molecule has 0 heterocycles. The summed E-state index contributed by atoms with van der Waals surface area (Å²) in [5.41, 5.74) is 1.00. The first-order valence-corrected chi connectivity index (χ1v) is 6.72. The van der Waals surface area contributed by atoms with Gasteiger partial charge in [0.25, 0.3) is 5.91 Å². The average molecular weight is 302 g/mol. The number of halogens is 1. The summed E-state index contributed by atoms with van der Waals surface area (Å²) in [6.45, 7) is 2.12. The third-order valence-electron chi connectivity index (χ3n) is 2.66. The van der Waals surface area contributed by atoms with Crippen LogP contribution in [0.5, 0.6) is 5.75 Å². The third-order valence-corrected chi connectivity index (χ3v) is 2.97. The Bertz CT molecular complexity index is 433. The van der Waals surface area contributed by atoms with Crippen LogP contribution >= 0.6 is 11.6 Å². The normalized spacial score (nSPS) is 12.0. The Labute approximate surface area is 123 Å². The van der Waals surface area contributed by atoms with Crippen molar-refractivity contribution < 1.29 is 19.4 Å². The summed E-state index contributed by atoms with van der Waals surface area (Å²) in [5.74, 6) is 0.199. The van der Waals surface area contributed by atoms with E-state index >= 15 is 0 Å². The first-order valence-electron chi connectivity index (χ1n) is 6.35. The van der Waals surface area contributed by atoms with Crippen LogP contribution in [0.25, 0.3) is 0 Å². The highest BCUT2D eigenvalue weighted by atomic mass is 35.5. The molecule has 5 nitrogen and oxygen atoms in total. The van der Waals surface area contributed by atoms with Crippen molar-refractivity contribution in [3.63, 3.8) is 0 Å². The summed E-state index contributed by atoms with van der Waals surface area (Å²) in [7, 11) is 1.54. The van der Waals surface area contributed by atoms with Gasteiger partial charge in [-0.05, 0) is 31.0 Å². The fourth-order valence-electron chi connectivity index (χ4n) is 1.69. The van der Waals surface area contributed by atoms with Crippen LogP contribution in [0.15, 0.2) is 18.2 Å². The number of nitrogens with one attached hydrogen (secondary N) is 1. The monoisotopic (exact) mass is 301 g/mol. The Hall–Kier alpha value is -1.30. The molecule has 1 aromatic carbocycles. The van der Waals surface area contributed by atoms with Gasteiger partial charge in [-0.3, -0.25) is 4.79 Å². The van der Waals surface area contributed by atoms with Gasteiger partial charge >= 0.3 is 0 Å². The number of hydrogen-bond acceptors (Lipinski definition) is 4. The summed E-state index contributed by atoms with van der Waals surface area (Å²) in [6.07, 6.45) is 0.435. The molecule has 0 saturated carbocycles. The lowest BCUT2D eigenvalue weighted by Crippen LogP contribution is -2.41. The average Bonchev–Trinajstić information content (AvgIpc) is 2.40. The highest BCUT2D eigenvalue weighted by Gasteiger charge is 2.12. The minimum absolute atomic E-state index is 0.0150. The first-order chi connectivity index (χ1) is 9.56. The van der Waals surface area contributed by atoms with E-state index in [-0.39, 0.29) is 25.2 Å². The lowest BCUT2D eigenvalue weighted by atomic mass is 10.2. The second kappa shape index (κ2) is 8.79. The highest BCUT2D eigenvalue weighted by Crippen LogP contribution is 2.24. The van der Waals surface area contributed by atoms with Crippen molar-refractivity contribution in [1.82, 2.24) is 5.32 Å². The van der Waals surface area contributed by atoms with Crippen molar-refractivity contribution in [2.24, 2.45) is 0 Å². The van der Waals surface area contributed by atoms with Crippen molar-refractivity contribution in [3.05, 3.63) is 28.8 Å². The Morgan fingerprint density at radius 1 is 1.50 bits per heavy atom. The molecule has 0 aromatic heterocycles. The van der Waals surface area contributed by atoms with E-state index in [0.717, 1.165) is 5.56 Å². The number of hydrogen-bond donors (Lipinski definition) is 2. The zero-order valence-corrected chi connectivity index (χ0v) is 12.4. The summed E-state index contributed by atoms with van der Waals surface area (Å²) in [5, 5.41) is 12.1. The summed E-state index contributed by atoms with van der Waals surface area (Å²) in [4.78, 5) is 11.8. The smallest absolute Gasteiger partial charge is 0.258 e. The molecule has 0 spiro atoms. The quantitative estimate of drug-likeness (QED) is 0.764. The summed E-state index contributed by atoms with van der Waals surface area (Å²) in [6, 6.07) is 5.14. The highest BCUT2D eigenvalue weighted by molar-refractivity contribution is 6.32. The molecule has 2 N–H and O–H groups in total. The zero-order valence-electron chi connectivity index (χ0n) is 11.7. The number of aryl methyl sites for hydroxylation is 1. The number of amides is 1. The van der Waals surface area contributed by atoms with Gasteiger partial charge in [0.15, 0.2) is 6.61 Å². The molecule has 0 bridgehead atoms. The van der Waals surface area contributed by atoms with Crippen LogP contribution in [-0.2, 0) is 9.53 Å². The molecule has 20 heavy (non-hydrogen) atoms. The number of aliphatic hydroxyl groups excluding tert-OH is 1. The molecule has 0 aliphatic heterocycles. The summed E-state index contributed by atoms with van der Waals surface area (Å²) >= 11 is 5.98. The fraction of sp³-hybridized carbons (Fsp3) is 0.500. The lowest BCUT2D eigenvalue weighted by molar-refractivity contribution is -0.124. The molecule has 1 unspecified atom stereocenters. The van der Waals surface area contributed by atoms with Gasteiger partial charge in [0.2, 0.25) is 0 Å². The molecular weight excluding hydrogens is 282 g/mol. The van der Waals surface area contributed by atoms with Crippen molar-refractivity contribution in [2.75, 3.05) is 26.9 Å². The van der Waals surface area contributed by atoms with E-state index < -0.39 is 0 Å². The Morgan fingerprint density at radius 2 is 2.25 bits per heavy atom. The van der Waals surface area contributed by atoms with E-state index in [1.165, 1.54) is 0 Å². The maximum atomic E-state index is 11.8. The standard InChI is InChI=1S/C14H20ClNO4/c1-10-3-4-12(15)13(7-10)20-9-14(18)16-11(5-6-17)8-19-2/h3-4,7,11,17H,5-6,8-9H2,1-2H3,(H,16,18). The Morgan fingerprint density at radius 3 is 2.90 bits per heavy atom. The molecule has 0 aliphatic rings. The number of aliphatic hydroxyl groups is 1. The van der Waals surface area contributed by atoms with E-state index in [2.05, 4.69) is 5.32 Å². The van der Waals surface area contributed by atoms with Crippen LogP contribution in [0, 0.1) is 6.92 Å².